The molecule has 2 amide bonds. The number of aromatic nitrogens is 1. The fraction of sp³-hybridized carbons (Fsp3) is 0.385. The SMILES string of the molecule is C[C@@H]1[C@@H]([Si](C)(C)O)[C@H](CCO)O[C@@]12C(=O)Nc1ccc(NC(=O)Cc3c[nH]c4ccccc34)cc12. The number of carbonyl (C=O) groups excluding carboxylic acids is 2. The lowest BCUT2D eigenvalue weighted by Crippen LogP contribution is -2.43. The maximum atomic E-state index is 13.3. The van der Waals surface area contributed by atoms with E-state index in [1.54, 1.807) is 18.2 Å². The summed E-state index contributed by atoms with van der Waals surface area (Å²) in [4.78, 5) is 40.4. The zero-order chi connectivity index (χ0) is 25.0. The van der Waals surface area contributed by atoms with Gasteiger partial charge in [-0.1, -0.05) is 25.1 Å². The van der Waals surface area contributed by atoms with Crippen LogP contribution in [0.5, 0.6) is 0 Å². The molecule has 3 heterocycles. The van der Waals surface area contributed by atoms with Crippen molar-refractivity contribution in [3.63, 3.8) is 0 Å². The van der Waals surface area contributed by atoms with E-state index in [1.807, 2.05) is 50.5 Å². The van der Waals surface area contributed by atoms with Crippen LogP contribution < -0.4 is 10.6 Å². The van der Waals surface area contributed by atoms with E-state index in [0.29, 0.717) is 23.4 Å². The summed E-state index contributed by atoms with van der Waals surface area (Å²) in [7, 11) is -2.72. The lowest BCUT2D eigenvalue weighted by molar-refractivity contribution is -0.143. The van der Waals surface area contributed by atoms with E-state index in [9.17, 15) is 19.5 Å². The van der Waals surface area contributed by atoms with Gasteiger partial charge in [-0.3, -0.25) is 9.59 Å². The minimum Gasteiger partial charge on any atom is -0.432 e. The normalized spacial score (nSPS) is 25.7. The number of para-hydroxylation sites is 1. The second kappa shape index (κ2) is 8.60. The number of amides is 2. The molecule has 1 aromatic heterocycles. The highest BCUT2D eigenvalue weighted by Gasteiger charge is 2.64. The van der Waals surface area contributed by atoms with Crippen LogP contribution in [0.2, 0.25) is 18.6 Å². The molecule has 9 heteroatoms. The molecule has 5 N–H and O–H groups in total. The number of rotatable bonds is 6. The number of fused-ring (bicyclic) bond motifs is 3. The molecule has 35 heavy (non-hydrogen) atoms. The molecule has 4 atom stereocenters. The third kappa shape index (κ3) is 3.88. The van der Waals surface area contributed by atoms with Crippen molar-refractivity contribution < 1.29 is 24.2 Å². The molecule has 8 nitrogen and oxygen atoms in total. The van der Waals surface area contributed by atoms with Gasteiger partial charge in [0.25, 0.3) is 5.91 Å². The van der Waals surface area contributed by atoms with Crippen molar-refractivity contribution >= 4 is 42.4 Å². The quantitative estimate of drug-likeness (QED) is 0.336. The molecular weight excluding hydrogens is 462 g/mol. The zero-order valence-corrected chi connectivity index (χ0v) is 21.1. The first kappa shape index (κ1) is 23.7. The molecule has 1 fully saturated rings. The van der Waals surface area contributed by atoms with Crippen molar-refractivity contribution in [2.75, 3.05) is 17.2 Å². The molecule has 1 spiro atoms. The summed E-state index contributed by atoms with van der Waals surface area (Å²) in [5.41, 5.74) is 2.25. The number of nitrogens with one attached hydrogen (secondary N) is 3. The number of carbonyl (C=O) groups is 2. The van der Waals surface area contributed by atoms with Gasteiger partial charge in [0.2, 0.25) is 5.91 Å². The number of H-pyrrole nitrogens is 1. The smallest absolute Gasteiger partial charge is 0.261 e. The van der Waals surface area contributed by atoms with Gasteiger partial charge >= 0.3 is 0 Å². The molecule has 184 valence electrons. The Bertz CT molecular complexity index is 1300. The van der Waals surface area contributed by atoms with Crippen molar-refractivity contribution in [2.24, 2.45) is 5.92 Å². The Morgan fingerprint density at radius 2 is 2.00 bits per heavy atom. The Labute approximate surface area is 204 Å². The van der Waals surface area contributed by atoms with Crippen LogP contribution in [0.1, 0.15) is 24.5 Å². The molecule has 0 bridgehead atoms. The number of aliphatic hydroxyl groups is 1. The Hall–Kier alpha value is -2.98. The van der Waals surface area contributed by atoms with Crippen molar-refractivity contribution in [3.8, 4) is 0 Å². The molecule has 2 aliphatic rings. The molecule has 3 aromatic rings. The van der Waals surface area contributed by atoms with Crippen LogP contribution >= 0.6 is 0 Å². The number of hydrogen-bond acceptors (Lipinski definition) is 5. The molecule has 2 aromatic carbocycles. The van der Waals surface area contributed by atoms with Crippen LogP contribution in [0.4, 0.5) is 11.4 Å². The average Bonchev–Trinajstić information content (AvgIpc) is 3.42. The third-order valence-corrected chi connectivity index (χ3v) is 9.97. The Balaban J connectivity index is 1.43. The van der Waals surface area contributed by atoms with Crippen molar-refractivity contribution in [1.82, 2.24) is 4.98 Å². The first-order valence-electron chi connectivity index (χ1n) is 12.0. The van der Waals surface area contributed by atoms with Crippen LogP contribution in [-0.4, -0.2) is 47.7 Å². The predicted molar refractivity (Wildman–Crippen MR) is 137 cm³/mol. The topological polar surface area (TPSA) is 124 Å². The molecule has 0 saturated carbocycles. The number of aliphatic hydroxyl groups excluding tert-OH is 1. The van der Waals surface area contributed by atoms with Crippen molar-refractivity contribution in [3.05, 3.63) is 59.8 Å². The Kier molecular flexibility index (Phi) is 5.83. The van der Waals surface area contributed by atoms with Gasteiger partial charge in [-0.05, 0) is 49.3 Å². The molecule has 5 rings (SSSR count). The molecule has 0 aliphatic carbocycles. The van der Waals surface area contributed by atoms with Gasteiger partial charge < -0.3 is 30.3 Å². The fourth-order valence-corrected chi connectivity index (χ4v) is 8.63. The Morgan fingerprint density at radius 1 is 1.23 bits per heavy atom. The molecular formula is C26H31N3O5Si. The second-order valence-corrected chi connectivity index (χ2v) is 14.1. The van der Waals surface area contributed by atoms with Crippen molar-refractivity contribution in [1.29, 1.82) is 0 Å². The monoisotopic (exact) mass is 493 g/mol. The van der Waals surface area contributed by atoms with Crippen LogP contribution in [0, 0.1) is 5.92 Å². The lowest BCUT2D eigenvalue weighted by atomic mass is 9.82. The minimum atomic E-state index is -2.72. The van der Waals surface area contributed by atoms with Crippen molar-refractivity contribution in [2.45, 2.75) is 50.1 Å². The standard InChI is InChI=1S/C26H31N3O5Si/c1-15-24(35(2,3)33)22(10-11-30)34-26(15)19-13-17(8-9-21(19)29-25(26)32)28-23(31)12-16-14-27-20-7-5-4-6-18(16)20/h4-9,13-15,22,24,27,30,33H,10-12H2,1-3H3,(H,28,31)(H,29,32)/t15-,22+,24-,26+/m1/s1. The molecule has 2 aliphatic heterocycles. The highest BCUT2D eigenvalue weighted by atomic mass is 28.4. The van der Waals surface area contributed by atoms with Crippen LogP contribution in [0.15, 0.2) is 48.7 Å². The van der Waals surface area contributed by atoms with Gasteiger partial charge in [0, 0.05) is 52.1 Å². The molecule has 1 saturated heterocycles. The second-order valence-electron chi connectivity index (χ2n) is 10.2. The summed E-state index contributed by atoms with van der Waals surface area (Å²) in [5.74, 6) is -0.739. The average molecular weight is 494 g/mol. The summed E-state index contributed by atoms with van der Waals surface area (Å²) < 4.78 is 6.42. The summed E-state index contributed by atoms with van der Waals surface area (Å²) >= 11 is 0. The number of anilines is 2. The van der Waals surface area contributed by atoms with Crippen LogP contribution in [0.3, 0.4) is 0 Å². The summed E-state index contributed by atoms with van der Waals surface area (Å²) in [6.07, 6.45) is 1.97. The zero-order valence-electron chi connectivity index (χ0n) is 20.1. The van der Waals surface area contributed by atoms with E-state index in [4.69, 9.17) is 4.74 Å². The summed E-state index contributed by atoms with van der Waals surface area (Å²) in [6.45, 7) is 5.53. The van der Waals surface area contributed by atoms with Crippen LogP contribution in [0.25, 0.3) is 10.9 Å². The van der Waals surface area contributed by atoms with Gasteiger partial charge in [-0.25, -0.2) is 0 Å². The largest absolute Gasteiger partial charge is 0.432 e. The maximum absolute atomic E-state index is 13.3. The van der Waals surface area contributed by atoms with Gasteiger partial charge in [-0.2, -0.15) is 0 Å². The van der Waals surface area contributed by atoms with E-state index >= 15 is 0 Å². The number of benzene rings is 2. The first-order chi connectivity index (χ1) is 16.6. The van der Waals surface area contributed by atoms with Gasteiger partial charge in [0.05, 0.1) is 12.5 Å². The number of aromatic amines is 1. The van der Waals surface area contributed by atoms with Gasteiger partial charge in [-0.15, -0.1) is 0 Å². The summed E-state index contributed by atoms with van der Waals surface area (Å²) in [6, 6.07) is 13.2. The van der Waals surface area contributed by atoms with E-state index in [2.05, 4.69) is 15.6 Å². The third-order valence-electron chi connectivity index (χ3n) is 7.46. The van der Waals surface area contributed by atoms with E-state index in [0.717, 1.165) is 16.5 Å². The highest BCUT2D eigenvalue weighted by molar-refractivity contribution is 6.71. The van der Waals surface area contributed by atoms with Crippen LogP contribution in [-0.2, 0) is 26.3 Å². The van der Waals surface area contributed by atoms with Gasteiger partial charge in [0.1, 0.15) is 0 Å². The fourth-order valence-electron chi connectivity index (χ4n) is 6.03. The van der Waals surface area contributed by atoms with E-state index in [1.165, 1.54) is 0 Å². The van der Waals surface area contributed by atoms with E-state index < -0.39 is 20.0 Å². The number of hydrogen-bond donors (Lipinski definition) is 5. The van der Waals surface area contributed by atoms with Gasteiger partial charge in [0.15, 0.2) is 13.9 Å². The summed E-state index contributed by atoms with van der Waals surface area (Å²) in [5, 5.41) is 16.5. The highest BCUT2D eigenvalue weighted by Crippen LogP contribution is 2.58. The predicted octanol–water partition coefficient (Wildman–Crippen LogP) is 3.48. The first-order valence-corrected chi connectivity index (χ1v) is 15.0. The molecule has 0 unspecified atom stereocenters. The molecule has 0 radical (unpaired) electrons. The van der Waals surface area contributed by atoms with E-state index in [-0.39, 0.29) is 36.3 Å². The maximum Gasteiger partial charge on any atom is 0.261 e. The lowest BCUT2D eigenvalue weighted by Gasteiger charge is -2.32. The number of ether oxygens (including phenoxy) is 1. The minimum absolute atomic E-state index is 0.0904. The Morgan fingerprint density at radius 3 is 2.74 bits per heavy atom.